The van der Waals surface area contributed by atoms with Crippen molar-refractivity contribution in [3.8, 4) is 80.1 Å². The number of aliphatic carboxylic acids is 2. The number of carbonyl (C=O) groups is 9. The molecule has 110 heavy (non-hydrogen) atoms. The summed E-state index contributed by atoms with van der Waals surface area (Å²) in [4.78, 5) is 133. The second kappa shape index (κ2) is 33.1. The number of amides is 7. The monoisotopic (exact) mass is 1550 g/mol. The van der Waals surface area contributed by atoms with E-state index < -0.39 is 222 Å². The summed E-state index contributed by atoms with van der Waals surface area (Å²) in [5, 5.41) is 134. The topological polar surface area (TPSA) is 498 Å². The van der Waals surface area contributed by atoms with Crippen LogP contribution in [0, 0.1) is 0 Å². The summed E-state index contributed by atoms with van der Waals surface area (Å²) in [5.41, 5.74) is -2.67. The van der Waals surface area contributed by atoms with Crippen molar-refractivity contribution in [1.82, 2.24) is 42.5 Å². The minimum absolute atomic E-state index is 0.116. The Morgan fingerprint density at radius 1 is 0.536 bits per heavy atom. The van der Waals surface area contributed by atoms with Crippen LogP contribution in [0.15, 0.2) is 115 Å². The van der Waals surface area contributed by atoms with E-state index in [-0.39, 0.29) is 46.8 Å². The smallest absolute Gasteiger partial charge is 0.335 e. The summed E-state index contributed by atoms with van der Waals surface area (Å²) in [6.07, 6.45) is -4.71. The number of aliphatic hydroxyl groups excluding tert-OH is 3. The molecular weight excluding hydrogens is 1480 g/mol. The van der Waals surface area contributed by atoms with Gasteiger partial charge in [-0.3, -0.25) is 33.6 Å². The molecule has 0 radical (unpaired) electrons. The van der Waals surface area contributed by atoms with Crippen molar-refractivity contribution in [2.75, 3.05) is 7.05 Å². The zero-order valence-corrected chi connectivity index (χ0v) is 60.0. The molecule has 1 fully saturated rings. The molecule has 0 aliphatic carbocycles. The van der Waals surface area contributed by atoms with Crippen LogP contribution in [0.25, 0.3) is 11.1 Å². The number of hydrogen-bond donors (Lipinski definition) is 18. The predicted molar refractivity (Wildman–Crippen MR) is 386 cm³/mol. The lowest BCUT2D eigenvalue weighted by molar-refractivity contribution is -0.241. The van der Waals surface area contributed by atoms with Crippen molar-refractivity contribution in [1.29, 1.82) is 0 Å². The Hall–Kier alpha value is -11.7. The van der Waals surface area contributed by atoms with E-state index in [1.165, 1.54) is 49.5 Å². The van der Waals surface area contributed by atoms with E-state index in [1.807, 2.05) is 0 Å². The number of likely N-dealkylation sites (N-methyl/N-ethyl adjacent to an activating group) is 1. The number of aliphatic hydroxyl groups is 3. The van der Waals surface area contributed by atoms with Gasteiger partial charge in [0.2, 0.25) is 53.4 Å². The van der Waals surface area contributed by atoms with Gasteiger partial charge in [-0.15, -0.1) is 0 Å². The van der Waals surface area contributed by atoms with Crippen LogP contribution in [0.1, 0.15) is 140 Å². The number of benzene rings is 7. The number of carboxylic acid groups (broad SMARTS) is 2. The first kappa shape index (κ1) is 77.9. The van der Waals surface area contributed by atoms with Crippen LogP contribution in [0.2, 0.25) is 10.0 Å². The third-order valence-electron chi connectivity index (χ3n) is 19.4. The highest BCUT2D eigenvalue weighted by Gasteiger charge is 2.51. The van der Waals surface area contributed by atoms with Crippen molar-refractivity contribution >= 4 is 76.5 Å². The fourth-order valence-electron chi connectivity index (χ4n) is 13.7. The largest absolute Gasteiger partial charge is 0.508 e. The molecule has 7 aliphatic heterocycles. The lowest BCUT2D eigenvalue weighted by atomic mass is 9.89. The molecule has 7 amide bonds. The number of aromatic hydroxyl groups is 5. The maximum absolute atomic E-state index is 16.4. The van der Waals surface area contributed by atoms with E-state index in [9.17, 15) is 75.0 Å². The number of phenols is 5. The molecule has 7 heterocycles. The summed E-state index contributed by atoms with van der Waals surface area (Å²) < 4.78 is 32.1. The molecule has 17 bridgehead atoms. The van der Waals surface area contributed by atoms with Gasteiger partial charge in [-0.2, -0.15) is 0 Å². The first-order valence-electron chi connectivity index (χ1n) is 35.0. The standard InChI is InChI=1S/C76H76Cl2N8O24/c1-3-4-5-6-7-8-9-10-11-53(92)81-62-64(94)65(95)67(75(104)105)110-76(62)109-66-51-26-36-27-52(66)108-49-21-16-35(24-43(49)77)63(93)61-73(101)85-60(74(102)103)41-28-37(87)29-47(90)54(41)40-23-33(14-19-45(40)88)57(70(98)86-61)82-71(99)58(36)83-72(100)59-42-30-39(31-48(91)55(42)78)107-50-25-34(15-20-46(50)89)56(79-2)69(97)80-44(68(96)84-59)22-32-12-17-38(106-51)18-13-32/h12-21,23-31,44,56-65,67,76,79,87-91,93-95H,3-11,22H2,1-2H3,(H,80,97)(H,81,92)(H,82,99)(H,83,100)(H,84,96)(H,85,101)(H,86,98)(H,102,103)(H,104,105). The number of rotatable bonds is 15. The highest BCUT2D eigenvalue weighted by atomic mass is 35.5. The first-order valence-corrected chi connectivity index (χ1v) is 35.8. The van der Waals surface area contributed by atoms with Gasteiger partial charge in [0.15, 0.2) is 35.1 Å². The number of fused-ring (bicyclic) bond motifs is 14. The van der Waals surface area contributed by atoms with Crippen molar-refractivity contribution in [3.05, 3.63) is 164 Å². The van der Waals surface area contributed by atoms with Gasteiger partial charge in [-0.05, 0) is 114 Å². The molecule has 1 saturated heterocycles. The van der Waals surface area contributed by atoms with Crippen molar-refractivity contribution in [2.24, 2.45) is 0 Å². The minimum atomic E-state index is -2.38. The van der Waals surface area contributed by atoms with Gasteiger partial charge in [0.1, 0.15) is 101 Å². The summed E-state index contributed by atoms with van der Waals surface area (Å²) >= 11 is 14.1. The Bertz CT molecular complexity index is 4800. The van der Waals surface area contributed by atoms with E-state index in [0.717, 1.165) is 111 Å². The van der Waals surface area contributed by atoms with Gasteiger partial charge in [-0.1, -0.05) is 105 Å². The van der Waals surface area contributed by atoms with Gasteiger partial charge in [-0.25, -0.2) is 9.59 Å². The molecule has 34 heteroatoms. The number of phenolic OH excluding ortho intramolecular Hbond substituents is 5. The number of halogens is 2. The quantitative estimate of drug-likeness (QED) is 0.0489. The van der Waals surface area contributed by atoms with E-state index in [4.69, 9.17) is 46.9 Å². The summed E-state index contributed by atoms with van der Waals surface area (Å²) in [7, 11) is 1.43. The fraction of sp³-hybridized carbons (Fsp3) is 0.329. The molecule has 0 saturated carbocycles. The summed E-state index contributed by atoms with van der Waals surface area (Å²) in [6, 6.07) is 5.63. The third-order valence-corrected chi connectivity index (χ3v) is 20.1. The predicted octanol–water partition coefficient (Wildman–Crippen LogP) is 6.47. The molecule has 578 valence electrons. The number of hydrogen-bond acceptors (Lipinski definition) is 23. The van der Waals surface area contributed by atoms with E-state index in [0.29, 0.717) is 18.4 Å². The second-order valence-electron chi connectivity index (χ2n) is 27.0. The van der Waals surface area contributed by atoms with Gasteiger partial charge in [0, 0.05) is 47.2 Å². The van der Waals surface area contributed by atoms with Crippen LogP contribution in [-0.2, 0) is 54.3 Å². The van der Waals surface area contributed by atoms with Crippen LogP contribution in [-0.4, -0.2) is 154 Å². The minimum Gasteiger partial charge on any atom is -0.508 e. The van der Waals surface area contributed by atoms with Gasteiger partial charge >= 0.3 is 11.9 Å². The number of nitrogens with one attached hydrogen (secondary N) is 8. The average Bonchev–Trinajstić information content (AvgIpc) is 0.780. The number of carbonyl (C=O) groups excluding carboxylic acids is 7. The highest BCUT2D eigenvalue weighted by Crippen LogP contribution is 2.50. The Morgan fingerprint density at radius 3 is 1.85 bits per heavy atom. The maximum atomic E-state index is 16.4. The lowest BCUT2D eigenvalue weighted by Crippen LogP contribution is -2.66. The van der Waals surface area contributed by atoms with Crippen molar-refractivity contribution < 1.29 is 118 Å². The fourth-order valence-corrected chi connectivity index (χ4v) is 14.1. The molecule has 0 aromatic heterocycles. The van der Waals surface area contributed by atoms with Gasteiger partial charge < -0.3 is 117 Å². The molecule has 0 spiro atoms. The van der Waals surface area contributed by atoms with Crippen LogP contribution in [0.5, 0.6) is 69.0 Å². The molecule has 7 aliphatic rings. The zero-order valence-electron chi connectivity index (χ0n) is 58.5. The molecule has 13 atom stereocenters. The van der Waals surface area contributed by atoms with Crippen LogP contribution in [0.3, 0.4) is 0 Å². The Morgan fingerprint density at radius 2 is 1.16 bits per heavy atom. The number of ether oxygens (including phenoxy) is 5. The van der Waals surface area contributed by atoms with E-state index in [1.54, 1.807) is 0 Å². The summed E-state index contributed by atoms with van der Waals surface area (Å²) in [5.74, 6) is -18.6. The third kappa shape index (κ3) is 16.7. The molecule has 14 rings (SSSR count). The zero-order chi connectivity index (χ0) is 78.7. The highest BCUT2D eigenvalue weighted by molar-refractivity contribution is 6.33. The second-order valence-corrected chi connectivity index (χ2v) is 27.8. The van der Waals surface area contributed by atoms with Crippen molar-refractivity contribution in [3.63, 3.8) is 0 Å². The van der Waals surface area contributed by atoms with Crippen LogP contribution < -0.4 is 61.5 Å². The number of unbranched alkanes of at least 4 members (excludes halogenated alkanes) is 7. The van der Waals surface area contributed by atoms with Crippen molar-refractivity contribution in [2.45, 2.75) is 150 Å². The molecule has 7 aromatic carbocycles. The normalized spacial score (nSPS) is 23.8. The average molecular weight is 1560 g/mol. The van der Waals surface area contributed by atoms with Crippen LogP contribution >= 0.6 is 23.2 Å². The first-order chi connectivity index (χ1) is 52.6. The Labute approximate surface area is 635 Å². The molecule has 18 N–H and O–H groups in total. The maximum Gasteiger partial charge on any atom is 0.335 e. The Balaban J connectivity index is 1.09. The van der Waals surface area contributed by atoms with Crippen LogP contribution in [0.4, 0.5) is 0 Å². The van der Waals surface area contributed by atoms with E-state index >= 15 is 19.2 Å². The molecule has 7 aromatic rings. The van der Waals surface area contributed by atoms with E-state index in [2.05, 4.69) is 49.5 Å². The Kier molecular flexibility index (Phi) is 23.4. The molecule has 32 nitrogen and oxygen atoms in total. The summed E-state index contributed by atoms with van der Waals surface area (Å²) in [6.45, 7) is 2.10. The molecule has 13 unspecified atom stereocenters. The molecular formula is C76H76Cl2N8O24. The number of carboxylic acids is 2. The lowest BCUT2D eigenvalue weighted by Gasteiger charge is -2.41. The van der Waals surface area contributed by atoms with Gasteiger partial charge in [0.05, 0.1) is 10.0 Å². The SMILES string of the molecule is CCCCCCCCCCC(=O)NC1C(Oc2c3cc4cc2Oc2ccc(cc2Cl)C(O)C2NC(=O)C(NC(=O)C4NC(=O)C4NC(=O)C(Cc5ccc(cc5)O3)NC(=O)C(NC)c3ccc(O)c(c3)Oc3cc(O)c(Cl)c4c3)c3ccc(O)c(c3)-c3c(O)cc(O)cc3C(C(=O)O)NC2=O)OC(C(=O)O)C(O)C1O. The van der Waals surface area contributed by atoms with Gasteiger partial charge in [0.25, 0.3) is 0 Å².